The summed E-state index contributed by atoms with van der Waals surface area (Å²) in [5.74, 6) is -4.35. The number of carboxylic acid groups (broad SMARTS) is 1. The molecule has 0 aromatic rings. The number of carboxylic acids is 1. The van der Waals surface area contributed by atoms with Gasteiger partial charge in [0.2, 0.25) is 11.8 Å². The highest BCUT2D eigenvalue weighted by Gasteiger charge is 2.46. The van der Waals surface area contributed by atoms with Crippen molar-refractivity contribution in [3.05, 3.63) is 0 Å². The Morgan fingerprint density at radius 1 is 1.40 bits per heavy atom. The van der Waals surface area contributed by atoms with Gasteiger partial charge in [0.1, 0.15) is 18.0 Å². The van der Waals surface area contributed by atoms with Gasteiger partial charge >= 0.3 is 12.1 Å². The second-order valence-corrected chi connectivity index (χ2v) is 4.70. The number of alkyl halides is 3. The smallest absolute Gasteiger partial charge is 0.408 e. The molecule has 0 aromatic heterocycles. The normalized spacial score (nSPS) is 24.8. The van der Waals surface area contributed by atoms with Gasteiger partial charge in [0.15, 0.2) is 0 Å². The average Bonchev–Trinajstić information content (AvgIpc) is 2.34. The van der Waals surface area contributed by atoms with Gasteiger partial charge < -0.3 is 15.3 Å². The number of carbonyl (C=O) groups is 3. The van der Waals surface area contributed by atoms with Crippen LogP contribution in [0.5, 0.6) is 0 Å². The fourth-order valence-corrected chi connectivity index (χ4v) is 1.89. The molecule has 2 N–H and O–H groups in total. The number of hydrogen-bond donors (Lipinski definition) is 2. The van der Waals surface area contributed by atoms with Gasteiger partial charge in [-0.15, -0.1) is 0 Å². The van der Waals surface area contributed by atoms with Crippen molar-refractivity contribution in [3.63, 3.8) is 0 Å². The number of nitrogens with zero attached hydrogens (tertiary/aromatic N) is 1. The predicted octanol–water partition coefficient (Wildman–Crippen LogP) is 0.375. The third-order valence-electron chi connectivity index (χ3n) is 3.36. The maximum Gasteiger partial charge on any atom is 0.408 e. The number of aliphatic carboxylic acids is 1. The van der Waals surface area contributed by atoms with Gasteiger partial charge in [-0.25, -0.2) is 4.79 Å². The molecule has 0 saturated carbocycles. The zero-order chi connectivity index (χ0) is 15.7. The Balaban J connectivity index is 2.73. The van der Waals surface area contributed by atoms with Crippen molar-refractivity contribution in [2.24, 2.45) is 5.92 Å². The molecule has 9 heteroatoms. The lowest BCUT2D eigenvalue weighted by molar-refractivity contribution is -0.173. The third kappa shape index (κ3) is 3.40. The maximum atomic E-state index is 12.4. The Bertz CT molecular complexity index is 424. The second-order valence-electron chi connectivity index (χ2n) is 4.70. The van der Waals surface area contributed by atoms with E-state index in [2.05, 4.69) is 0 Å². The minimum absolute atomic E-state index is 0.258. The average molecular weight is 296 g/mol. The maximum absolute atomic E-state index is 12.4. The zero-order valence-electron chi connectivity index (χ0n) is 10.9. The van der Waals surface area contributed by atoms with Crippen LogP contribution in [0.3, 0.4) is 0 Å². The van der Waals surface area contributed by atoms with Gasteiger partial charge in [0, 0.05) is 7.05 Å². The summed E-state index contributed by atoms with van der Waals surface area (Å²) < 4.78 is 37.3. The van der Waals surface area contributed by atoms with Crippen molar-refractivity contribution in [2.45, 2.75) is 38.0 Å². The van der Waals surface area contributed by atoms with E-state index in [0.717, 1.165) is 4.90 Å². The lowest BCUT2D eigenvalue weighted by atomic mass is 9.92. The first-order valence-electron chi connectivity index (χ1n) is 5.92. The predicted molar refractivity (Wildman–Crippen MR) is 60.6 cm³/mol. The van der Waals surface area contributed by atoms with Crippen molar-refractivity contribution in [3.8, 4) is 0 Å². The lowest BCUT2D eigenvalue weighted by Gasteiger charge is -2.32. The van der Waals surface area contributed by atoms with Crippen molar-refractivity contribution >= 4 is 17.8 Å². The Morgan fingerprint density at radius 3 is 2.35 bits per heavy atom. The van der Waals surface area contributed by atoms with E-state index in [9.17, 15) is 27.6 Å². The summed E-state index contributed by atoms with van der Waals surface area (Å²) in [5.41, 5.74) is 0. The van der Waals surface area contributed by atoms with Crippen LogP contribution in [0.1, 0.15) is 19.8 Å². The first-order chi connectivity index (χ1) is 9.05. The summed E-state index contributed by atoms with van der Waals surface area (Å²) in [6.45, 7) is 1.25. The topological polar surface area (TPSA) is 86.7 Å². The van der Waals surface area contributed by atoms with Crippen LogP contribution in [0.2, 0.25) is 0 Å². The van der Waals surface area contributed by atoms with Crippen LogP contribution in [-0.4, -0.2) is 53.1 Å². The van der Waals surface area contributed by atoms with Gasteiger partial charge in [-0.2, -0.15) is 13.2 Å². The summed E-state index contributed by atoms with van der Waals surface area (Å²) in [7, 11) is 1.20. The molecule has 0 aliphatic carbocycles. The monoisotopic (exact) mass is 296 g/mol. The number of rotatable bonds is 3. The molecular formula is C11H15F3N2O4. The summed E-state index contributed by atoms with van der Waals surface area (Å²) in [4.78, 5) is 35.1. The minimum atomic E-state index is -4.55. The largest absolute Gasteiger partial charge is 0.480 e. The quantitative estimate of drug-likeness (QED) is 0.737. The molecular weight excluding hydrogens is 281 g/mol. The highest BCUT2D eigenvalue weighted by atomic mass is 19.4. The van der Waals surface area contributed by atoms with Gasteiger partial charge in [0.25, 0.3) is 0 Å². The molecule has 20 heavy (non-hydrogen) atoms. The summed E-state index contributed by atoms with van der Waals surface area (Å²) in [5, 5.41) is 10.5. The van der Waals surface area contributed by atoms with E-state index in [-0.39, 0.29) is 6.42 Å². The molecule has 0 spiro atoms. The molecule has 2 amide bonds. The summed E-state index contributed by atoms with van der Waals surface area (Å²) in [6, 6.07) is -3.11. The summed E-state index contributed by atoms with van der Waals surface area (Å²) in [6.07, 6.45) is -5.21. The first-order valence-corrected chi connectivity index (χ1v) is 5.92. The third-order valence-corrected chi connectivity index (χ3v) is 3.36. The molecule has 3 unspecified atom stereocenters. The van der Waals surface area contributed by atoms with Gasteiger partial charge in [-0.05, 0) is 19.8 Å². The molecule has 114 valence electrons. The van der Waals surface area contributed by atoms with Crippen molar-refractivity contribution in [2.75, 3.05) is 7.05 Å². The molecule has 1 fully saturated rings. The van der Waals surface area contributed by atoms with E-state index >= 15 is 0 Å². The molecule has 1 aliphatic heterocycles. The van der Waals surface area contributed by atoms with Crippen molar-refractivity contribution in [1.82, 2.24) is 10.2 Å². The van der Waals surface area contributed by atoms with Crippen LogP contribution in [0.25, 0.3) is 0 Å². The standard InChI is InChI=1S/C11H15F3N2O4/c1-5(10(19)20)16(2)9(18)6-3-4-7(11(12,13)14)15-8(6)17/h5-7H,3-4H2,1-2H3,(H,15,17)(H,19,20). The SMILES string of the molecule is CC(C(=O)O)N(C)C(=O)C1CCC(C(F)(F)F)NC1=O. The molecule has 1 aliphatic rings. The Kier molecular flexibility index (Phi) is 4.61. The van der Waals surface area contributed by atoms with Crippen LogP contribution in [-0.2, 0) is 14.4 Å². The van der Waals surface area contributed by atoms with E-state index in [1.165, 1.54) is 14.0 Å². The number of halogens is 3. The highest BCUT2D eigenvalue weighted by Crippen LogP contribution is 2.29. The first kappa shape index (κ1) is 16.3. The zero-order valence-corrected chi connectivity index (χ0v) is 10.9. The number of likely N-dealkylation sites (N-methyl/N-ethyl adjacent to an activating group) is 1. The Hall–Kier alpha value is -1.80. The van der Waals surface area contributed by atoms with E-state index in [1.807, 2.05) is 0 Å². The van der Waals surface area contributed by atoms with Crippen LogP contribution < -0.4 is 5.32 Å². The van der Waals surface area contributed by atoms with Crippen molar-refractivity contribution in [1.29, 1.82) is 0 Å². The van der Waals surface area contributed by atoms with E-state index < -0.39 is 48.4 Å². The van der Waals surface area contributed by atoms with Crippen LogP contribution in [0, 0.1) is 5.92 Å². The minimum Gasteiger partial charge on any atom is -0.480 e. The molecule has 3 atom stereocenters. The summed E-state index contributed by atoms with van der Waals surface area (Å²) >= 11 is 0. The molecule has 6 nitrogen and oxygen atoms in total. The van der Waals surface area contributed by atoms with Gasteiger partial charge in [-0.1, -0.05) is 0 Å². The molecule has 1 saturated heterocycles. The van der Waals surface area contributed by atoms with E-state index in [0.29, 0.717) is 0 Å². The second kappa shape index (κ2) is 5.68. The number of hydrogen-bond acceptors (Lipinski definition) is 3. The fourth-order valence-electron chi connectivity index (χ4n) is 1.89. The fraction of sp³-hybridized carbons (Fsp3) is 0.727. The van der Waals surface area contributed by atoms with Crippen molar-refractivity contribution < 1.29 is 32.7 Å². The van der Waals surface area contributed by atoms with Gasteiger partial charge in [-0.3, -0.25) is 9.59 Å². The van der Waals surface area contributed by atoms with Crippen LogP contribution in [0.4, 0.5) is 13.2 Å². The number of piperidine rings is 1. The number of carbonyl (C=O) groups excluding carboxylic acids is 2. The van der Waals surface area contributed by atoms with E-state index in [4.69, 9.17) is 5.11 Å². The van der Waals surface area contributed by atoms with Crippen LogP contribution in [0.15, 0.2) is 0 Å². The van der Waals surface area contributed by atoms with Gasteiger partial charge in [0.05, 0.1) is 0 Å². The molecule has 0 aromatic carbocycles. The Morgan fingerprint density at radius 2 is 1.95 bits per heavy atom. The van der Waals surface area contributed by atoms with Crippen LogP contribution >= 0.6 is 0 Å². The molecule has 1 heterocycles. The number of nitrogens with one attached hydrogen (secondary N) is 1. The highest BCUT2D eigenvalue weighted by molar-refractivity contribution is 6.01. The van der Waals surface area contributed by atoms with E-state index in [1.54, 1.807) is 5.32 Å². The molecule has 0 bridgehead atoms. The Labute approximate surface area is 112 Å². The number of amides is 2. The molecule has 0 radical (unpaired) electrons. The molecule has 1 rings (SSSR count). The lowest BCUT2D eigenvalue weighted by Crippen LogP contribution is -2.55.